The molecule has 5 rings (SSSR count). The zero-order valence-corrected chi connectivity index (χ0v) is 15.0. The Bertz CT molecular complexity index is 944. The molecule has 3 heterocycles. The normalized spacial score (nSPS) is 21.0. The molecule has 3 aliphatic rings. The van der Waals surface area contributed by atoms with Crippen LogP contribution in [-0.2, 0) is 25.4 Å². The summed E-state index contributed by atoms with van der Waals surface area (Å²) in [5.41, 5.74) is 1.92. The molecule has 2 saturated heterocycles. The third-order valence-corrected chi connectivity index (χ3v) is 4.86. The van der Waals surface area contributed by atoms with Gasteiger partial charge < -0.3 is 23.7 Å². The van der Waals surface area contributed by atoms with Crippen molar-refractivity contribution in [2.75, 3.05) is 26.4 Å². The number of benzene rings is 2. The van der Waals surface area contributed by atoms with E-state index in [0.717, 1.165) is 11.3 Å². The van der Waals surface area contributed by atoms with E-state index in [4.69, 9.17) is 23.7 Å². The molecule has 0 saturated carbocycles. The average Bonchev–Trinajstić information content (AvgIpc) is 3.62. The summed E-state index contributed by atoms with van der Waals surface area (Å²) in [6, 6.07) is 10.8. The van der Waals surface area contributed by atoms with Crippen LogP contribution in [0.5, 0.6) is 11.5 Å². The van der Waals surface area contributed by atoms with Crippen molar-refractivity contribution in [1.82, 2.24) is 0 Å². The van der Waals surface area contributed by atoms with E-state index in [9.17, 15) is 9.59 Å². The number of rotatable bonds is 6. The summed E-state index contributed by atoms with van der Waals surface area (Å²) >= 11 is 0. The minimum atomic E-state index is -0.579. The van der Waals surface area contributed by atoms with Crippen molar-refractivity contribution in [1.29, 1.82) is 0 Å². The highest BCUT2D eigenvalue weighted by Crippen LogP contribution is 2.39. The third-order valence-electron chi connectivity index (χ3n) is 4.86. The van der Waals surface area contributed by atoms with Gasteiger partial charge in [-0.25, -0.2) is 9.59 Å². The van der Waals surface area contributed by atoms with E-state index in [1.54, 1.807) is 12.1 Å². The molecule has 3 aliphatic heterocycles. The molecule has 0 bridgehead atoms. The van der Waals surface area contributed by atoms with Crippen LogP contribution in [0.4, 0.5) is 0 Å². The van der Waals surface area contributed by atoms with E-state index in [1.807, 2.05) is 24.3 Å². The van der Waals surface area contributed by atoms with Crippen molar-refractivity contribution in [2.45, 2.75) is 18.6 Å². The molecule has 7 heteroatoms. The van der Waals surface area contributed by atoms with Gasteiger partial charge in [-0.15, -0.1) is 0 Å². The molecule has 7 nitrogen and oxygen atoms in total. The lowest BCUT2D eigenvalue weighted by Gasteiger charge is -2.23. The van der Waals surface area contributed by atoms with Gasteiger partial charge in [0.05, 0.1) is 24.3 Å². The summed E-state index contributed by atoms with van der Waals surface area (Å²) in [5, 5.41) is 0. The van der Waals surface area contributed by atoms with Crippen LogP contribution in [0.3, 0.4) is 0 Å². The van der Waals surface area contributed by atoms with Crippen molar-refractivity contribution < 1.29 is 33.3 Å². The Morgan fingerprint density at radius 1 is 0.893 bits per heavy atom. The lowest BCUT2D eigenvalue weighted by molar-refractivity contribution is 0.0429. The maximum absolute atomic E-state index is 12.9. The van der Waals surface area contributed by atoms with E-state index in [0.29, 0.717) is 30.9 Å². The molecule has 0 aromatic heterocycles. The van der Waals surface area contributed by atoms with Gasteiger partial charge in [-0.3, -0.25) is 0 Å². The minimum absolute atomic E-state index is 0.0563. The molecular formula is C21H18O7. The Labute approximate surface area is 161 Å². The van der Waals surface area contributed by atoms with Crippen molar-refractivity contribution in [3.8, 4) is 11.5 Å². The minimum Gasteiger partial charge on any atom is -0.459 e. The van der Waals surface area contributed by atoms with Crippen molar-refractivity contribution >= 4 is 11.9 Å². The molecule has 2 atom stereocenters. The standard InChI is InChI=1S/C21H18O7/c22-20(26-10-13-8-24-13)15-5-6-18-16(7-12-3-1-2-4-17(12)28-18)19(15)21(23)27-11-14-9-25-14/h1-6,13-14H,7-11H2. The highest BCUT2D eigenvalue weighted by molar-refractivity contribution is 6.05. The summed E-state index contributed by atoms with van der Waals surface area (Å²) in [4.78, 5) is 25.5. The monoisotopic (exact) mass is 382 g/mol. The fourth-order valence-corrected chi connectivity index (χ4v) is 3.18. The van der Waals surface area contributed by atoms with E-state index in [1.165, 1.54) is 0 Å². The van der Waals surface area contributed by atoms with Crippen molar-refractivity contribution in [2.24, 2.45) is 0 Å². The fourth-order valence-electron chi connectivity index (χ4n) is 3.18. The Morgan fingerprint density at radius 3 is 2.29 bits per heavy atom. The van der Waals surface area contributed by atoms with Gasteiger partial charge in [0, 0.05) is 12.0 Å². The lowest BCUT2D eigenvalue weighted by atomic mass is 9.92. The Kier molecular flexibility index (Phi) is 4.26. The number of ether oxygens (including phenoxy) is 5. The van der Waals surface area contributed by atoms with Gasteiger partial charge in [-0.05, 0) is 23.8 Å². The van der Waals surface area contributed by atoms with Gasteiger partial charge in [0.15, 0.2) is 0 Å². The van der Waals surface area contributed by atoms with E-state index in [-0.39, 0.29) is 36.5 Å². The van der Waals surface area contributed by atoms with Crippen LogP contribution >= 0.6 is 0 Å². The van der Waals surface area contributed by atoms with Gasteiger partial charge in [0.2, 0.25) is 0 Å². The summed E-state index contributed by atoms with van der Waals surface area (Å²) < 4.78 is 26.8. The Balaban J connectivity index is 1.49. The van der Waals surface area contributed by atoms with Gasteiger partial charge >= 0.3 is 11.9 Å². The van der Waals surface area contributed by atoms with Crippen LogP contribution in [0.2, 0.25) is 0 Å². The number of hydrogen-bond donors (Lipinski definition) is 0. The first-order valence-electron chi connectivity index (χ1n) is 9.18. The van der Waals surface area contributed by atoms with Gasteiger partial charge in [0.1, 0.15) is 36.9 Å². The van der Waals surface area contributed by atoms with E-state index in [2.05, 4.69) is 0 Å². The number of epoxide rings is 2. The molecule has 0 radical (unpaired) electrons. The topological polar surface area (TPSA) is 86.9 Å². The molecule has 144 valence electrons. The first-order valence-corrected chi connectivity index (χ1v) is 9.18. The highest BCUT2D eigenvalue weighted by atomic mass is 16.6. The Hall–Kier alpha value is -2.90. The molecule has 28 heavy (non-hydrogen) atoms. The molecular weight excluding hydrogens is 364 g/mol. The smallest absolute Gasteiger partial charge is 0.339 e. The lowest BCUT2D eigenvalue weighted by Crippen LogP contribution is -2.21. The van der Waals surface area contributed by atoms with E-state index >= 15 is 0 Å². The second kappa shape index (κ2) is 6.92. The van der Waals surface area contributed by atoms with Gasteiger partial charge in [0.25, 0.3) is 0 Å². The zero-order chi connectivity index (χ0) is 19.1. The first kappa shape index (κ1) is 17.2. The van der Waals surface area contributed by atoms with Crippen LogP contribution in [0.25, 0.3) is 0 Å². The summed E-state index contributed by atoms with van der Waals surface area (Å²) in [7, 11) is 0. The third kappa shape index (κ3) is 3.46. The molecule has 0 aliphatic carbocycles. The van der Waals surface area contributed by atoms with Gasteiger partial charge in [-0.2, -0.15) is 0 Å². The molecule has 2 aromatic carbocycles. The number of esters is 2. The summed E-state index contributed by atoms with van der Waals surface area (Å²) in [6.07, 6.45) is 0.338. The first-order chi connectivity index (χ1) is 13.7. The summed E-state index contributed by atoms with van der Waals surface area (Å²) in [6.45, 7) is 1.48. The molecule has 2 aromatic rings. The van der Waals surface area contributed by atoms with Crippen LogP contribution in [0.1, 0.15) is 31.8 Å². The van der Waals surface area contributed by atoms with Crippen LogP contribution < -0.4 is 4.74 Å². The average molecular weight is 382 g/mol. The predicted molar refractivity (Wildman–Crippen MR) is 95.8 cm³/mol. The quantitative estimate of drug-likeness (QED) is 0.478. The van der Waals surface area contributed by atoms with E-state index < -0.39 is 11.9 Å². The molecule has 2 unspecified atom stereocenters. The second-order valence-corrected chi connectivity index (χ2v) is 6.96. The maximum atomic E-state index is 12.9. The Morgan fingerprint density at radius 2 is 1.57 bits per heavy atom. The number of carbonyl (C=O) groups is 2. The van der Waals surface area contributed by atoms with Crippen molar-refractivity contribution in [3.05, 3.63) is 58.7 Å². The van der Waals surface area contributed by atoms with Crippen LogP contribution in [0, 0.1) is 0 Å². The molecule has 0 N–H and O–H groups in total. The fraction of sp³-hybridized carbons (Fsp3) is 0.333. The maximum Gasteiger partial charge on any atom is 0.339 e. The molecule has 2 fully saturated rings. The highest BCUT2D eigenvalue weighted by Gasteiger charge is 2.32. The SMILES string of the molecule is O=C(OCC1CO1)c1ccc2c(c1C(=O)OCC1CO1)Cc1ccccc1O2. The predicted octanol–water partition coefficient (Wildman–Crippen LogP) is 2.49. The number of para-hydroxylation sites is 1. The largest absolute Gasteiger partial charge is 0.459 e. The second-order valence-electron chi connectivity index (χ2n) is 6.96. The van der Waals surface area contributed by atoms with Crippen molar-refractivity contribution in [3.63, 3.8) is 0 Å². The van der Waals surface area contributed by atoms with Crippen LogP contribution in [-0.4, -0.2) is 50.6 Å². The van der Waals surface area contributed by atoms with Crippen LogP contribution in [0.15, 0.2) is 36.4 Å². The number of hydrogen-bond acceptors (Lipinski definition) is 7. The number of carbonyl (C=O) groups excluding carboxylic acids is 2. The number of fused-ring (bicyclic) bond motifs is 2. The zero-order valence-electron chi connectivity index (χ0n) is 15.0. The molecule has 0 amide bonds. The summed E-state index contributed by atoms with van der Waals surface area (Å²) in [5.74, 6) is 0.119. The molecule has 0 spiro atoms. The van der Waals surface area contributed by atoms with Gasteiger partial charge in [-0.1, -0.05) is 18.2 Å².